The molecule has 27 heavy (non-hydrogen) atoms. The Morgan fingerprint density at radius 3 is 2.19 bits per heavy atom. The van der Waals surface area contributed by atoms with Crippen LogP contribution in [0.3, 0.4) is 0 Å². The standard InChI is InChI=1S/C18H17FN6O2/c1-11(18(27)21-16-9-7-15(8-10-16)20-12(2)26)25-23-17(22-24-25)13-3-5-14(19)6-4-13/h3-11H,1-2H3,(H,20,26)(H,21,27)/t11-/m0/s1. The highest BCUT2D eigenvalue weighted by Crippen LogP contribution is 2.17. The third-order valence-corrected chi connectivity index (χ3v) is 3.73. The van der Waals surface area contributed by atoms with E-state index < -0.39 is 6.04 Å². The Hall–Kier alpha value is -3.62. The van der Waals surface area contributed by atoms with E-state index in [1.807, 2.05) is 0 Å². The van der Waals surface area contributed by atoms with Crippen LogP contribution in [0.2, 0.25) is 0 Å². The highest BCUT2D eigenvalue weighted by molar-refractivity contribution is 5.94. The largest absolute Gasteiger partial charge is 0.326 e. The monoisotopic (exact) mass is 368 g/mol. The number of halogens is 1. The van der Waals surface area contributed by atoms with Crippen molar-refractivity contribution in [2.75, 3.05) is 10.6 Å². The lowest BCUT2D eigenvalue weighted by Gasteiger charge is -2.11. The van der Waals surface area contributed by atoms with Gasteiger partial charge in [0.25, 0.3) is 5.91 Å². The normalized spacial score (nSPS) is 11.7. The molecule has 0 aliphatic heterocycles. The Kier molecular flexibility index (Phi) is 5.20. The van der Waals surface area contributed by atoms with Crippen molar-refractivity contribution >= 4 is 23.2 Å². The summed E-state index contributed by atoms with van der Waals surface area (Å²) in [4.78, 5) is 24.6. The van der Waals surface area contributed by atoms with Crippen molar-refractivity contribution in [2.24, 2.45) is 0 Å². The average molecular weight is 368 g/mol. The number of hydrogen-bond donors (Lipinski definition) is 2. The van der Waals surface area contributed by atoms with Crippen LogP contribution in [0.25, 0.3) is 11.4 Å². The maximum absolute atomic E-state index is 13.0. The van der Waals surface area contributed by atoms with Crippen molar-refractivity contribution in [3.05, 3.63) is 54.3 Å². The summed E-state index contributed by atoms with van der Waals surface area (Å²) in [6.07, 6.45) is 0. The minimum absolute atomic E-state index is 0.172. The molecule has 3 rings (SSSR count). The van der Waals surface area contributed by atoms with Gasteiger partial charge in [0.1, 0.15) is 11.9 Å². The number of benzene rings is 2. The number of aromatic nitrogens is 4. The summed E-state index contributed by atoms with van der Waals surface area (Å²) in [6, 6.07) is 11.7. The molecule has 2 N–H and O–H groups in total. The van der Waals surface area contributed by atoms with Crippen molar-refractivity contribution in [1.29, 1.82) is 0 Å². The molecule has 0 aliphatic carbocycles. The highest BCUT2D eigenvalue weighted by Gasteiger charge is 2.19. The molecule has 0 aliphatic rings. The molecule has 0 radical (unpaired) electrons. The average Bonchev–Trinajstić information content (AvgIpc) is 3.13. The van der Waals surface area contributed by atoms with Crippen molar-refractivity contribution in [2.45, 2.75) is 19.9 Å². The quantitative estimate of drug-likeness (QED) is 0.721. The number of hydrogen-bond acceptors (Lipinski definition) is 5. The number of amides is 2. The lowest BCUT2D eigenvalue weighted by atomic mass is 10.2. The van der Waals surface area contributed by atoms with Gasteiger partial charge >= 0.3 is 0 Å². The molecule has 0 unspecified atom stereocenters. The molecule has 2 aromatic carbocycles. The Morgan fingerprint density at radius 2 is 1.59 bits per heavy atom. The summed E-state index contributed by atoms with van der Waals surface area (Å²) >= 11 is 0. The van der Waals surface area contributed by atoms with E-state index in [0.717, 1.165) is 0 Å². The molecule has 138 valence electrons. The lowest BCUT2D eigenvalue weighted by Crippen LogP contribution is -2.25. The van der Waals surface area contributed by atoms with Crippen molar-refractivity contribution in [3.63, 3.8) is 0 Å². The Morgan fingerprint density at radius 1 is 1.00 bits per heavy atom. The SMILES string of the molecule is CC(=O)Nc1ccc(NC(=O)[C@H](C)n2nnc(-c3ccc(F)cc3)n2)cc1. The topological polar surface area (TPSA) is 102 Å². The number of rotatable bonds is 5. The molecule has 9 heteroatoms. The Balaban J connectivity index is 1.67. The van der Waals surface area contributed by atoms with Gasteiger partial charge in [-0.15, -0.1) is 10.2 Å². The van der Waals surface area contributed by atoms with E-state index in [2.05, 4.69) is 26.0 Å². The second-order valence-electron chi connectivity index (χ2n) is 5.86. The summed E-state index contributed by atoms with van der Waals surface area (Å²) < 4.78 is 13.0. The van der Waals surface area contributed by atoms with Gasteiger partial charge in [0.2, 0.25) is 11.7 Å². The summed E-state index contributed by atoms with van der Waals surface area (Å²) in [5.41, 5.74) is 1.80. The molecular formula is C18H17FN6O2. The van der Waals surface area contributed by atoms with E-state index >= 15 is 0 Å². The fourth-order valence-corrected chi connectivity index (χ4v) is 2.30. The minimum Gasteiger partial charge on any atom is -0.326 e. The van der Waals surface area contributed by atoms with Gasteiger partial charge in [0.05, 0.1) is 0 Å². The van der Waals surface area contributed by atoms with Crippen LogP contribution in [0.5, 0.6) is 0 Å². The van der Waals surface area contributed by atoms with Crippen LogP contribution in [-0.4, -0.2) is 32.0 Å². The lowest BCUT2D eigenvalue weighted by molar-refractivity contribution is -0.119. The predicted octanol–water partition coefficient (Wildman–Crippen LogP) is 2.64. The molecule has 1 heterocycles. The first kappa shape index (κ1) is 18.2. The van der Waals surface area contributed by atoms with E-state index in [4.69, 9.17) is 0 Å². The fraction of sp³-hybridized carbons (Fsp3) is 0.167. The minimum atomic E-state index is -0.707. The molecule has 1 atom stereocenters. The maximum atomic E-state index is 13.0. The molecular weight excluding hydrogens is 351 g/mol. The number of nitrogens with zero attached hydrogens (tertiary/aromatic N) is 4. The van der Waals surface area contributed by atoms with Crippen molar-refractivity contribution in [3.8, 4) is 11.4 Å². The summed E-state index contributed by atoms with van der Waals surface area (Å²) in [7, 11) is 0. The molecule has 3 aromatic rings. The summed E-state index contributed by atoms with van der Waals surface area (Å²) in [6.45, 7) is 3.06. The number of nitrogens with one attached hydrogen (secondary N) is 2. The van der Waals surface area contributed by atoms with Crippen LogP contribution >= 0.6 is 0 Å². The van der Waals surface area contributed by atoms with Crippen molar-refractivity contribution in [1.82, 2.24) is 20.2 Å². The van der Waals surface area contributed by atoms with Crippen LogP contribution in [-0.2, 0) is 9.59 Å². The van der Waals surface area contributed by atoms with E-state index in [9.17, 15) is 14.0 Å². The molecule has 0 fully saturated rings. The Labute approximate surface area is 154 Å². The van der Waals surface area contributed by atoms with Gasteiger partial charge in [-0.2, -0.15) is 4.80 Å². The highest BCUT2D eigenvalue weighted by atomic mass is 19.1. The molecule has 8 nitrogen and oxygen atoms in total. The van der Waals surface area contributed by atoms with Crippen LogP contribution < -0.4 is 10.6 Å². The second-order valence-corrected chi connectivity index (χ2v) is 5.86. The van der Waals surface area contributed by atoms with Crippen LogP contribution in [0, 0.1) is 5.82 Å². The smallest absolute Gasteiger partial charge is 0.250 e. The molecule has 0 bridgehead atoms. The maximum Gasteiger partial charge on any atom is 0.250 e. The van der Waals surface area contributed by atoms with Gasteiger partial charge in [-0.05, 0) is 60.7 Å². The third-order valence-electron chi connectivity index (χ3n) is 3.73. The van der Waals surface area contributed by atoms with E-state index in [0.29, 0.717) is 22.8 Å². The first-order valence-electron chi connectivity index (χ1n) is 8.16. The molecule has 2 amide bonds. The Bertz CT molecular complexity index is 953. The van der Waals surface area contributed by atoms with E-state index in [-0.39, 0.29) is 17.6 Å². The van der Waals surface area contributed by atoms with E-state index in [1.165, 1.54) is 36.0 Å². The van der Waals surface area contributed by atoms with Crippen LogP contribution in [0.1, 0.15) is 19.9 Å². The second kappa shape index (κ2) is 7.73. The fourth-order valence-electron chi connectivity index (χ4n) is 2.30. The third kappa shape index (κ3) is 4.51. The van der Waals surface area contributed by atoms with Gasteiger partial charge < -0.3 is 10.6 Å². The van der Waals surface area contributed by atoms with Gasteiger partial charge in [-0.3, -0.25) is 9.59 Å². The van der Waals surface area contributed by atoms with E-state index in [1.54, 1.807) is 31.2 Å². The number of anilines is 2. The zero-order chi connectivity index (χ0) is 19.4. The molecule has 1 aromatic heterocycles. The first-order valence-corrected chi connectivity index (χ1v) is 8.16. The van der Waals surface area contributed by atoms with Crippen LogP contribution in [0.4, 0.5) is 15.8 Å². The van der Waals surface area contributed by atoms with Gasteiger partial charge in [0.15, 0.2) is 0 Å². The summed E-state index contributed by atoms with van der Waals surface area (Å²) in [5.74, 6) is -0.558. The number of carbonyl (C=O) groups excluding carboxylic acids is 2. The number of tetrazole rings is 1. The zero-order valence-corrected chi connectivity index (χ0v) is 14.7. The number of carbonyl (C=O) groups is 2. The van der Waals surface area contributed by atoms with Gasteiger partial charge in [-0.1, -0.05) is 0 Å². The van der Waals surface area contributed by atoms with Gasteiger partial charge in [0, 0.05) is 23.9 Å². The van der Waals surface area contributed by atoms with Gasteiger partial charge in [-0.25, -0.2) is 4.39 Å². The zero-order valence-electron chi connectivity index (χ0n) is 14.7. The predicted molar refractivity (Wildman–Crippen MR) is 97.3 cm³/mol. The molecule has 0 spiro atoms. The molecule has 0 saturated heterocycles. The first-order chi connectivity index (χ1) is 12.9. The summed E-state index contributed by atoms with van der Waals surface area (Å²) in [5, 5.41) is 17.4. The molecule has 0 saturated carbocycles. The van der Waals surface area contributed by atoms with Crippen LogP contribution in [0.15, 0.2) is 48.5 Å². The van der Waals surface area contributed by atoms with Crippen molar-refractivity contribution < 1.29 is 14.0 Å².